The number of carbonyl (C=O) groups excluding carboxylic acids is 2. The second kappa shape index (κ2) is 8.45. The van der Waals surface area contributed by atoms with Crippen LogP contribution in [-0.2, 0) is 13.0 Å². The predicted octanol–water partition coefficient (Wildman–Crippen LogP) is 2.72. The van der Waals surface area contributed by atoms with E-state index in [-0.39, 0.29) is 24.0 Å². The minimum absolute atomic E-state index is 0.0381. The molecule has 1 aromatic heterocycles. The van der Waals surface area contributed by atoms with Gasteiger partial charge in [0.15, 0.2) is 5.69 Å². The van der Waals surface area contributed by atoms with Gasteiger partial charge in [-0.05, 0) is 57.2 Å². The first kappa shape index (κ1) is 20.4. The van der Waals surface area contributed by atoms with E-state index in [2.05, 4.69) is 20.9 Å². The Morgan fingerprint density at radius 1 is 1.20 bits per heavy atom. The maximum Gasteiger partial charge on any atom is 0.317 e. The van der Waals surface area contributed by atoms with Crippen LogP contribution in [-0.4, -0.2) is 50.5 Å². The summed E-state index contributed by atoms with van der Waals surface area (Å²) in [5.74, 6) is -0.146. The molecule has 0 saturated heterocycles. The van der Waals surface area contributed by atoms with E-state index in [4.69, 9.17) is 0 Å². The quantitative estimate of drug-likeness (QED) is 0.811. The molecule has 4 rings (SSSR count). The van der Waals surface area contributed by atoms with Crippen molar-refractivity contribution in [2.45, 2.75) is 71.5 Å². The number of fused-ring (bicyclic) bond motifs is 1. The van der Waals surface area contributed by atoms with Crippen LogP contribution in [0.4, 0.5) is 4.79 Å². The lowest BCUT2D eigenvalue weighted by Gasteiger charge is -2.30. The number of nitrogens with zero attached hydrogens (tertiary/aromatic N) is 4. The van der Waals surface area contributed by atoms with Crippen LogP contribution in [0.1, 0.15) is 66.8 Å². The molecule has 8 heteroatoms. The summed E-state index contributed by atoms with van der Waals surface area (Å²) in [6, 6.07) is 6.34. The summed E-state index contributed by atoms with van der Waals surface area (Å²) < 4.78 is 1.76. The summed E-state index contributed by atoms with van der Waals surface area (Å²) in [5.41, 5.74) is 4.31. The molecule has 2 N–H and O–H groups in total. The van der Waals surface area contributed by atoms with Crippen LogP contribution in [0.3, 0.4) is 0 Å². The van der Waals surface area contributed by atoms with Gasteiger partial charge in [-0.15, -0.1) is 5.10 Å². The summed E-state index contributed by atoms with van der Waals surface area (Å²) >= 11 is 0. The first-order valence-corrected chi connectivity index (χ1v) is 10.8. The van der Waals surface area contributed by atoms with Gasteiger partial charge in [0.25, 0.3) is 5.91 Å². The Morgan fingerprint density at radius 2 is 1.97 bits per heavy atom. The summed E-state index contributed by atoms with van der Waals surface area (Å²) in [4.78, 5) is 26.9. The fourth-order valence-corrected chi connectivity index (χ4v) is 4.39. The highest BCUT2D eigenvalue weighted by molar-refractivity contribution is 5.93. The van der Waals surface area contributed by atoms with Gasteiger partial charge in [0, 0.05) is 25.2 Å². The molecular weight excluding hydrogens is 380 g/mol. The topological polar surface area (TPSA) is 92.2 Å². The maximum atomic E-state index is 12.7. The van der Waals surface area contributed by atoms with E-state index in [1.54, 1.807) is 4.68 Å². The fourth-order valence-electron chi connectivity index (χ4n) is 4.39. The van der Waals surface area contributed by atoms with E-state index in [9.17, 15) is 9.59 Å². The van der Waals surface area contributed by atoms with E-state index in [0.717, 1.165) is 41.8 Å². The van der Waals surface area contributed by atoms with Crippen molar-refractivity contribution in [3.8, 4) is 5.69 Å². The molecule has 1 aliphatic heterocycles. The van der Waals surface area contributed by atoms with Crippen molar-refractivity contribution in [3.63, 3.8) is 0 Å². The van der Waals surface area contributed by atoms with Gasteiger partial charge in [0.2, 0.25) is 0 Å². The number of urea groups is 1. The Hall–Kier alpha value is -2.90. The Kier molecular flexibility index (Phi) is 5.74. The van der Waals surface area contributed by atoms with Crippen molar-refractivity contribution in [2.24, 2.45) is 0 Å². The summed E-state index contributed by atoms with van der Waals surface area (Å²) in [6.45, 7) is 7.01. The summed E-state index contributed by atoms with van der Waals surface area (Å²) in [5, 5.41) is 14.5. The van der Waals surface area contributed by atoms with Crippen LogP contribution in [0, 0.1) is 6.92 Å². The van der Waals surface area contributed by atoms with Crippen molar-refractivity contribution in [1.82, 2.24) is 30.5 Å². The Balaban J connectivity index is 1.55. The molecule has 0 bridgehead atoms. The van der Waals surface area contributed by atoms with Crippen LogP contribution in [0.15, 0.2) is 18.2 Å². The minimum atomic E-state index is -0.146. The van der Waals surface area contributed by atoms with Crippen LogP contribution in [0.5, 0.6) is 0 Å². The maximum absolute atomic E-state index is 12.7. The molecule has 0 radical (unpaired) electrons. The zero-order chi connectivity index (χ0) is 21.3. The van der Waals surface area contributed by atoms with Gasteiger partial charge in [0.1, 0.15) is 0 Å². The normalized spacial score (nSPS) is 16.6. The molecule has 2 aliphatic rings. The number of carbonyl (C=O) groups is 2. The zero-order valence-corrected chi connectivity index (χ0v) is 17.9. The Bertz CT molecular complexity index is 945. The highest BCUT2D eigenvalue weighted by Crippen LogP contribution is 2.26. The van der Waals surface area contributed by atoms with Gasteiger partial charge < -0.3 is 15.5 Å². The van der Waals surface area contributed by atoms with Crippen LogP contribution in [0.2, 0.25) is 0 Å². The van der Waals surface area contributed by atoms with E-state index in [1.165, 1.54) is 12.8 Å². The Labute approximate surface area is 177 Å². The molecule has 1 aliphatic carbocycles. The first-order valence-electron chi connectivity index (χ1n) is 10.8. The van der Waals surface area contributed by atoms with Gasteiger partial charge in [-0.25, -0.2) is 9.48 Å². The summed E-state index contributed by atoms with van der Waals surface area (Å²) in [6.07, 6.45) is 5.13. The van der Waals surface area contributed by atoms with Crippen molar-refractivity contribution < 1.29 is 9.59 Å². The second-order valence-corrected chi connectivity index (χ2v) is 8.58. The van der Waals surface area contributed by atoms with Gasteiger partial charge in [-0.2, -0.15) is 0 Å². The van der Waals surface area contributed by atoms with Crippen molar-refractivity contribution in [1.29, 1.82) is 0 Å². The molecule has 8 nitrogen and oxygen atoms in total. The summed E-state index contributed by atoms with van der Waals surface area (Å²) in [7, 11) is 0. The molecule has 2 heterocycles. The number of aromatic nitrogens is 3. The number of nitrogens with one attached hydrogen (secondary N) is 2. The van der Waals surface area contributed by atoms with Crippen molar-refractivity contribution >= 4 is 11.9 Å². The van der Waals surface area contributed by atoms with Crippen LogP contribution >= 0.6 is 0 Å². The third kappa shape index (κ3) is 4.04. The first-order chi connectivity index (χ1) is 14.4. The third-order valence-electron chi connectivity index (χ3n) is 5.97. The lowest BCUT2D eigenvalue weighted by atomic mass is 9.98. The molecule has 1 fully saturated rings. The number of rotatable bonds is 4. The zero-order valence-electron chi connectivity index (χ0n) is 17.9. The van der Waals surface area contributed by atoms with E-state index in [1.807, 2.05) is 43.9 Å². The SMILES string of the molecule is Cc1c(C(=O)NC2CCCC2)nnn1-c1cccc2c1CCN(C(=O)NC(C)C)C2. The molecule has 2 aromatic rings. The van der Waals surface area contributed by atoms with Gasteiger partial charge in [0.05, 0.1) is 11.4 Å². The molecule has 0 spiro atoms. The van der Waals surface area contributed by atoms with Crippen LogP contribution < -0.4 is 10.6 Å². The second-order valence-electron chi connectivity index (χ2n) is 8.58. The Morgan fingerprint density at radius 3 is 2.70 bits per heavy atom. The highest BCUT2D eigenvalue weighted by atomic mass is 16.2. The number of hydrogen-bond acceptors (Lipinski definition) is 4. The third-order valence-corrected chi connectivity index (χ3v) is 5.97. The molecule has 3 amide bonds. The molecule has 0 unspecified atom stereocenters. The van der Waals surface area contributed by atoms with Gasteiger partial charge in [-0.1, -0.05) is 30.2 Å². The minimum Gasteiger partial charge on any atom is -0.348 e. The lowest BCUT2D eigenvalue weighted by Crippen LogP contribution is -2.45. The van der Waals surface area contributed by atoms with Gasteiger partial charge >= 0.3 is 6.03 Å². The van der Waals surface area contributed by atoms with E-state index >= 15 is 0 Å². The standard InChI is InChI=1S/C22H30N6O2/c1-14(2)23-22(30)27-12-11-18-16(13-27)7-6-10-19(18)28-15(3)20(25-26-28)21(29)24-17-8-4-5-9-17/h6-7,10,14,17H,4-5,8-9,11-13H2,1-3H3,(H,23,30)(H,24,29). The van der Waals surface area contributed by atoms with Crippen LogP contribution in [0.25, 0.3) is 5.69 Å². The molecule has 1 saturated carbocycles. The van der Waals surface area contributed by atoms with E-state index < -0.39 is 0 Å². The highest BCUT2D eigenvalue weighted by Gasteiger charge is 2.26. The molecule has 1 aromatic carbocycles. The smallest absolute Gasteiger partial charge is 0.317 e. The largest absolute Gasteiger partial charge is 0.348 e. The molecule has 30 heavy (non-hydrogen) atoms. The average molecular weight is 411 g/mol. The van der Waals surface area contributed by atoms with E-state index in [0.29, 0.717) is 18.8 Å². The van der Waals surface area contributed by atoms with Crippen molar-refractivity contribution in [3.05, 3.63) is 40.7 Å². The number of hydrogen-bond donors (Lipinski definition) is 2. The number of benzene rings is 1. The average Bonchev–Trinajstić information content (AvgIpc) is 3.36. The number of amides is 3. The fraction of sp³-hybridized carbons (Fsp3) is 0.545. The predicted molar refractivity (Wildman–Crippen MR) is 114 cm³/mol. The molecule has 0 atom stereocenters. The monoisotopic (exact) mass is 410 g/mol. The molecular formula is C22H30N6O2. The molecule has 160 valence electrons. The lowest BCUT2D eigenvalue weighted by molar-refractivity contribution is 0.0932. The van der Waals surface area contributed by atoms with Crippen molar-refractivity contribution in [2.75, 3.05) is 6.54 Å². The van der Waals surface area contributed by atoms with Gasteiger partial charge in [-0.3, -0.25) is 4.79 Å².